The summed E-state index contributed by atoms with van der Waals surface area (Å²) in [4.78, 5) is 2.28. The Morgan fingerprint density at radius 1 is 1.13 bits per heavy atom. The second kappa shape index (κ2) is 6.46. The molecule has 0 aliphatic rings. The van der Waals surface area contributed by atoms with Gasteiger partial charge in [-0.05, 0) is 37.8 Å². The van der Waals surface area contributed by atoms with Crippen molar-refractivity contribution in [1.82, 2.24) is 0 Å². The largest absolute Gasteiger partial charge is 0.396 e. The van der Waals surface area contributed by atoms with Crippen LogP contribution in [0.5, 0.6) is 0 Å². The van der Waals surface area contributed by atoms with E-state index in [4.69, 9.17) is 5.11 Å². The number of nitrogens with zero attached hydrogens (tertiary/aromatic N) is 1. The minimum atomic E-state index is 0.314. The number of hydrogen-bond donors (Lipinski definition) is 1. The van der Waals surface area contributed by atoms with E-state index in [1.807, 2.05) is 0 Å². The number of aliphatic hydroxyl groups excluding tert-OH is 1. The van der Waals surface area contributed by atoms with Crippen molar-refractivity contribution >= 4 is 5.69 Å². The summed E-state index contributed by atoms with van der Waals surface area (Å²) >= 11 is 0. The van der Waals surface area contributed by atoms with E-state index < -0.39 is 0 Å². The Morgan fingerprint density at radius 2 is 1.87 bits per heavy atom. The van der Waals surface area contributed by atoms with Gasteiger partial charge < -0.3 is 10.0 Å². The smallest absolute Gasteiger partial charge is 0.0431 e. The van der Waals surface area contributed by atoms with Crippen molar-refractivity contribution in [3.63, 3.8) is 0 Å². The minimum absolute atomic E-state index is 0.314. The molecule has 0 spiro atoms. The number of rotatable bonds is 6. The van der Waals surface area contributed by atoms with E-state index in [9.17, 15) is 0 Å². The number of para-hydroxylation sites is 1. The Morgan fingerprint density at radius 3 is 2.53 bits per heavy atom. The van der Waals surface area contributed by atoms with Crippen LogP contribution in [0.2, 0.25) is 0 Å². The SMILES string of the molecule is Cc1ccccc1N(C)CCCCCO. The highest BCUT2D eigenvalue weighted by Gasteiger charge is 2.02. The first-order valence-corrected chi connectivity index (χ1v) is 5.63. The maximum absolute atomic E-state index is 8.68. The first-order chi connectivity index (χ1) is 7.25. The molecular formula is C13H21NO. The van der Waals surface area contributed by atoms with E-state index in [1.165, 1.54) is 11.3 Å². The quantitative estimate of drug-likeness (QED) is 0.725. The molecule has 2 nitrogen and oxygen atoms in total. The van der Waals surface area contributed by atoms with E-state index in [1.54, 1.807) is 0 Å². The fraction of sp³-hybridized carbons (Fsp3) is 0.538. The summed E-state index contributed by atoms with van der Waals surface area (Å²) in [5.41, 5.74) is 2.63. The van der Waals surface area contributed by atoms with Crippen molar-refractivity contribution < 1.29 is 5.11 Å². The molecule has 15 heavy (non-hydrogen) atoms. The molecule has 1 aromatic carbocycles. The zero-order valence-electron chi connectivity index (χ0n) is 9.74. The topological polar surface area (TPSA) is 23.5 Å². The molecule has 0 radical (unpaired) electrons. The third kappa shape index (κ3) is 3.92. The summed E-state index contributed by atoms with van der Waals surface area (Å²) in [6.07, 6.45) is 3.17. The molecule has 0 amide bonds. The zero-order chi connectivity index (χ0) is 11.1. The molecule has 0 atom stereocenters. The molecular weight excluding hydrogens is 186 g/mol. The van der Waals surface area contributed by atoms with Gasteiger partial charge in [-0.25, -0.2) is 0 Å². The van der Waals surface area contributed by atoms with E-state index in [-0.39, 0.29) is 0 Å². The Labute approximate surface area is 92.5 Å². The predicted molar refractivity (Wildman–Crippen MR) is 65.4 cm³/mol. The van der Waals surface area contributed by atoms with Gasteiger partial charge in [-0.3, -0.25) is 0 Å². The fourth-order valence-electron chi connectivity index (χ4n) is 1.75. The third-order valence-corrected chi connectivity index (χ3v) is 2.68. The van der Waals surface area contributed by atoms with Gasteiger partial charge in [0.25, 0.3) is 0 Å². The lowest BCUT2D eigenvalue weighted by atomic mass is 10.1. The van der Waals surface area contributed by atoms with Crippen molar-refractivity contribution in [3.8, 4) is 0 Å². The molecule has 0 saturated carbocycles. The van der Waals surface area contributed by atoms with Crippen LogP contribution in [-0.4, -0.2) is 25.3 Å². The van der Waals surface area contributed by atoms with Crippen LogP contribution in [0.1, 0.15) is 24.8 Å². The van der Waals surface area contributed by atoms with E-state index in [2.05, 4.69) is 43.1 Å². The molecule has 0 aliphatic heterocycles. The average molecular weight is 207 g/mol. The van der Waals surface area contributed by atoms with Crippen LogP contribution in [-0.2, 0) is 0 Å². The molecule has 84 valence electrons. The molecule has 0 aromatic heterocycles. The second-order valence-electron chi connectivity index (χ2n) is 3.99. The van der Waals surface area contributed by atoms with Crippen LogP contribution in [0.25, 0.3) is 0 Å². The van der Waals surface area contributed by atoms with Crippen LogP contribution < -0.4 is 4.90 Å². The molecule has 0 aliphatic carbocycles. The fourth-order valence-corrected chi connectivity index (χ4v) is 1.75. The van der Waals surface area contributed by atoms with E-state index in [0.29, 0.717) is 6.61 Å². The Balaban J connectivity index is 2.40. The number of benzene rings is 1. The predicted octanol–water partition coefficient (Wildman–Crippen LogP) is 2.59. The lowest BCUT2D eigenvalue weighted by Crippen LogP contribution is -2.19. The molecule has 0 bridgehead atoms. The highest BCUT2D eigenvalue weighted by Crippen LogP contribution is 2.18. The van der Waals surface area contributed by atoms with E-state index in [0.717, 1.165) is 25.8 Å². The molecule has 0 unspecified atom stereocenters. The summed E-state index contributed by atoms with van der Waals surface area (Å²) in [6.45, 7) is 3.51. The molecule has 1 rings (SSSR count). The van der Waals surface area contributed by atoms with Gasteiger partial charge in [0, 0.05) is 25.9 Å². The Hall–Kier alpha value is -1.02. The van der Waals surface area contributed by atoms with Crippen LogP contribution in [0.4, 0.5) is 5.69 Å². The summed E-state index contributed by atoms with van der Waals surface area (Å²) < 4.78 is 0. The first-order valence-electron chi connectivity index (χ1n) is 5.63. The normalized spacial score (nSPS) is 10.3. The highest BCUT2D eigenvalue weighted by atomic mass is 16.2. The van der Waals surface area contributed by atoms with Crippen molar-refractivity contribution in [2.45, 2.75) is 26.2 Å². The maximum atomic E-state index is 8.68. The standard InChI is InChI=1S/C13H21NO/c1-12-8-4-5-9-13(12)14(2)10-6-3-7-11-15/h4-5,8-9,15H,3,6-7,10-11H2,1-2H3. The Bertz CT molecular complexity index is 286. The van der Waals surface area contributed by atoms with Crippen molar-refractivity contribution in [2.75, 3.05) is 25.1 Å². The lowest BCUT2D eigenvalue weighted by Gasteiger charge is -2.21. The van der Waals surface area contributed by atoms with Crippen LogP contribution in [0.15, 0.2) is 24.3 Å². The van der Waals surface area contributed by atoms with Gasteiger partial charge >= 0.3 is 0 Å². The number of hydrogen-bond acceptors (Lipinski definition) is 2. The van der Waals surface area contributed by atoms with Gasteiger partial charge in [0.15, 0.2) is 0 Å². The number of unbranched alkanes of at least 4 members (excludes halogenated alkanes) is 2. The molecule has 2 heteroatoms. The maximum Gasteiger partial charge on any atom is 0.0431 e. The van der Waals surface area contributed by atoms with Gasteiger partial charge in [-0.2, -0.15) is 0 Å². The Kier molecular flexibility index (Phi) is 5.19. The summed E-state index contributed by atoms with van der Waals surface area (Å²) in [7, 11) is 2.13. The highest BCUT2D eigenvalue weighted by molar-refractivity contribution is 5.52. The average Bonchev–Trinajstić information content (AvgIpc) is 2.25. The summed E-state index contributed by atoms with van der Waals surface area (Å²) in [5.74, 6) is 0. The van der Waals surface area contributed by atoms with Crippen molar-refractivity contribution in [3.05, 3.63) is 29.8 Å². The van der Waals surface area contributed by atoms with Crippen molar-refractivity contribution in [2.24, 2.45) is 0 Å². The van der Waals surface area contributed by atoms with Crippen LogP contribution >= 0.6 is 0 Å². The second-order valence-corrected chi connectivity index (χ2v) is 3.99. The summed E-state index contributed by atoms with van der Waals surface area (Å²) in [5, 5.41) is 8.68. The van der Waals surface area contributed by atoms with Crippen molar-refractivity contribution in [1.29, 1.82) is 0 Å². The molecule has 1 N–H and O–H groups in total. The number of anilines is 1. The minimum Gasteiger partial charge on any atom is -0.396 e. The monoisotopic (exact) mass is 207 g/mol. The molecule has 0 fully saturated rings. The summed E-state index contributed by atoms with van der Waals surface area (Å²) in [6, 6.07) is 8.44. The molecule has 1 aromatic rings. The van der Waals surface area contributed by atoms with Gasteiger partial charge in [0.1, 0.15) is 0 Å². The first kappa shape index (κ1) is 12.1. The van der Waals surface area contributed by atoms with Crippen LogP contribution in [0, 0.1) is 6.92 Å². The third-order valence-electron chi connectivity index (χ3n) is 2.68. The van der Waals surface area contributed by atoms with Gasteiger partial charge in [-0.1, -0.05) is 18.2 Å². The zero-order valence-corrected chi connectivity index (χ0v) is 9.74. The van der Waals surface area contributed by atoms with Gasteiger partial charge in [0.2, 0.25) is 0 Å². The lowest BCUT2D eigenvalue weighted by molar-refractivity contribution is 0.283. The van der Waals surface area contributed by atoms with Gasteiger partial charge in [0.05, 0.1) is 0 Å². The molecule has 0 heterocycles. The van der Waals surface area contributed by atoms with Crippen LogP contribution in [0.3, 0.4) is 0 Å². The number of aryl methyl sites for hydroxylation is 1. The van der Waals surface area contributed by atoms with E-state index >= 15 is 0 Å². The number of aliphatic hydroxyl groups is 1. The van der Waals surface area contributed by atoms with Gasteiger partial charge in [-0.15, -0.1) is 0 Å². The molecule has 0 saturated heterocycles.